The normalized spacial score (nSPS) is 21.2. The molecule has 0 spiro atoms. The van der Waals surface area contributed by atoms with Gasteiger partial charge in [0.05, 0.1) is 11.2 Å². The summed E-state index contributed by atoms with van der Waals surface area (Å²) in [7, 11) is -0.297. The Morgan fingerprint density at radius 2 is 1.79 bits per heavy atom. The molecule has 0 bridgehead atoms. The largest absolute Gasteiger partial charge is 0.494 e. The monoisotopic (exact) mass is 276 g/mol. The van der Waals surface area contributed by atoms with Crippen molar-refractivity contribution in [3.8, 4) is 0 Å². The van der Waals surface area contributed by atoms with Gasteiger partial charge in [-0.05, 0) is 38.7 Å². The van der Waals surface area contributed by atoms with Crippen molar-refractivity contribution in [3.63, 3.8) is 0 Å². The molecule has 0 aromatic heterocycles. The van der Waals surface area contributed by atoms with Gasteiger partial charge in [0.1, 0.15) is 0 Å². The molecular formula is C15H21BO2S. The van der Waals surface area contributed by atoms with Gasteiger partial charge in [-0.1, -0.05) is 36.4 Å². The average molecular weight is 276 g/mol. The van der Waals surface area contributed by atoms with E-state index in [1.54, 1.807) is 0 Å². The summed E-state index contributed by atoms with van der Waals surface area (Å²) in [6.45, 7) is 8.27. The first kappa shape index (κ1) is 14.7. The lowest BCUT2D eigenvalue weighted by atomic mass is 9.78. The predicted octanol–water partition coefficient (Wildman–Crippen LogP) is 2.93. The second kappa shape index (κ2) is 5.35. The van der Waals surface area contributed by atoms with E-state index >= 15 is 0 Å². The molecule has 0 aliphatic carbocycles. The molecule has 1 heterocycles. The molecule has 1 aromatic rings. The van der Waals surface area contributed by atoms with E-state index < -0.39 is 0 Å². The summed E-state index contributed by atoms with van der Waals surface area (Å²) in [5.41, 5.74) is 1.60. The highest BCUT2D eigenvalue weighted by Crippen LogP contribution is 2.36. The van der Waals surface area contributed by atoms with Crippen molar-refractivity contribution in [3.05, 3.63) is 35.9 Å². The molecule has 1 aromatic carbocycles. The van der Waals surface area contributed by atoms with Gasteiger partial charge in [0.2, 0.25) is 0 Å². The van der Waals surface area contributed by atoms with E-state index in [-0.39, 0.29) is 18.3 Å². The van der Waals surface area contributed by atoms with Gasteiger partial charge in [0.25, 0.3) is 0 Å². The van der Waals surface area contributed by atoms with E-state index in [0.717, 1.165) is 16.8 Å². The third-order valence-corrected chi connectivity index (χ3v) is 4.06. The summed E-state index contributed by atoms with van der Waals surface area (Å²) in [5, 5.41) is 0. The van der Waals surface area contributed by atoms with Crippen LogP contribution in [0.1, 0.15) is 33.3 Å². The van der Waals surface area contributed by atoms with Gasteiger partial charge in [0, 0.05) is 5.75 Å². The number of hydrogen-bond acceptors (Lipinski definition) is 3. The quantitative estimate of drug-likeness (QED) is 0.676. The highest BCUT2D eigenvalue weighted by atomic mass is 32.1. The van der Waals surface area contributed by atoms with E-state index in [4.69, 9.17) is 9.31 Å². The van der Waals surface area contributed by atoms with Crippen molar-refractivity contribution < 1.29 is 9.31 Å². The van der Waals surface area contributed by atoms with E-state index in [2.05, 4.69) is 58.5 Å². The molecule has 4 heteroatoms. The molecule has 0 amide bonds. The topological polar surface area (TPSA) is 18.5 Å². The van der Waals surface area contributed by atoms with Crippen LogP contribution in [0.4, 0.5) is 0 Å². The minimum Gasteiger partial charge on any atom is -0.399 e. The van der Waals surface area contributed by atoms with Crippen molar-refractivity contribution in [2.45, 2.75) is 38.9 Å². The second-order valence-corrected chi connectivity index (χ2v) is 6.21. The van der Waals surface area contributed by atoms with Crippen molar-refractivity contribution in [1.29, 1.82) is 0 Å². The van der Waals surface area contributed by atoms with E-state index in [0.29, 0.717) is 0 Å². The minimum absolute atomic E-state index is 0.297. The third-order valence-electron chi connectivity index (χ3n) is 3.85. The summed E-state index contributed by atoms with van der Waals surface area (Å²) in [6.07, 6.45) is 4.08. The van der Waals surface area contributed by atoms with Crippen molar-refractivity contribution >= 4 is 31.3 Å². The van der Waals surface area contributed by atoms with Crippen LogP contribution in [0.2, 0.25) is 0 Å². The lowest BCUT2D eigenvalue weighted by molar-refractivity contribution is 0.00578. The smallest absolute Gasteiger partial charge is 0.399 e. The lowest BCUT2D eigenvalue weighted by Crippen LogP contribution is -2.41. The summed E-state index contributed by atoms with van der Waals surface area (Å²) < 4.78 is 12.1. The molecular weight excluding hydrogens is 255 g/mol. The minimum atomic E-state index is -0.297. The molecule has 1 saturated heterocycles. The Balaban J connectivity index is 2.22. The highest BCUT2D eigenvalue weighted by molar-refractivity contribution is 7.80. The first-order valence-electron chi connectivity index (χ1n) is 6.59. The zero-order valence-corrected chi connectivity index (χ0v) is 12.9. The maximum absolute atomic E-state index is 6.05. The Morgan fingerprint density at radius 3 is 2.37 bits per heavy atom. The Labute approximate surface area is 121 Å². The Bertz CT molecular complexity index is 467. The van der Waals surface area contributed by atoms with E-state index in [1.165, 1.54) is 0 Å². The van der Waals surface area contributed by atoms with Crippen molar-refractivity contribution in [2.24, 2.45) is 0 Å². The van der Waals surface area contributed by atoms with Crippen LogP contribution in [0.25, 0.3) is 6.08 Å². The maximum atomic E-state index is 6.05. The fourth-order valence-corrected chi connectivity index (χ4v) is 2.08. The van der Waals surface area contributed by atoms with Crippen molar-refractivity contribution in [2.75, 3.05) is 5.75 Å². The van der Waals surface area contributed by atoms with Gasteiger partial charge in [-0.2, -0.15) is 12.6 Å². The van der Waals surface area contributed by atoms with Crippen LogP contribution in [-0.4, -0.2) is 24.1 Å². The molecule has 1 fully saturated rings. The van der Waals surface area contributed by atoms with Crippen LogP contribution in [0, 0.1) is 0 Å². The molecule has 1 aliphatic rings. The predicted molar refractivity (Wildman–Crippen MR) is 85.0 cm³/mol. The Morgan fingerprint density at radius 1 is 1.16 bits per heavy atom. The first-order chi connectivity index (χ1) is 8.86. The fraction of sp³-hybridized carbons (Fsp3) is 0.467. The van der Waals surface area contributed by atoms with Crippen LogP contribution < -0.4 is 5.46 Å². The summed E-state index contributed by atoms with van der Waals surface area (Å²) in [4.78, 5) is 0. The molecule has 0 atom stereocenters. The van der Waals surface area contributed by atoms with Crippen LogP contribution in [0.15, 0.2) is 30.3 Å². The first-order valence-corrected chi connectivity index (χ1v) is 7.22. The SMILES string of the molecule is CC1(C)OB(c2cccc(C=CCS)c2)OC1(C)C. The summed E-state index contributed by atoms with van der Waals surface area (Å²) in [6, 6.07) is 8.23. The third kappa shape index (κ3) is 3.07. The van der Waals surface area contributed by atoms with Crippen LogP contribution >= 0.6 is 12.6 Å². The van der Waals surface area contributed by atoms with Crippen LogP contribution in [0.5, 0.6) is 0 Å². The number of hydrogen-bond donors (Lipinski definition) is 1. The van der Waals surface area contributed by atoms with Gasteiger partial charge >= 0.3 is 7.12 Å². The maximum Gasteiger partial charge on any atom is 0.494 e. The molecule has 19 heavy (non-hydrogen) atoms. The summed E-state index contributed by atoms with van der Waals surface area (Å²) >= 11 is 4.17. The second-order valence-electron chi connectivity index (χ2n) is 5.84. The van der Waals surface area contributed by atoms with Crippen LogP contribution in [-0.2, 0) is 9.31 Å². The average Bonchev–Trinajstić information content (AvgIpc) is 2.56. The van der Waals surface area contributed by atoms with E-state index in [1.807, 2.05) is 18.2 Å². The standard InChI is InChI=1S/C15H21BO2S/c1-14(2)15(3,4)18-16(17-14)13-9-5-7-12(11-13)8-6-10-19/h5-9,11,19H,10H2,1-4H3. The van der Waals surface area contributed by atoms with Crippen molar-refractivity contribution in [1.82, 2.24) is 0 Å². The molecule has 0 unspecified atom stereocenters. The van der Waals surface area contributed by atoms with Crippen LogP contribution in [0.3, 0.4) is 0 Å². The number of rotatable bonds is 3. The molecule has 2 nitrogen and oxygen atoms in total. The Kier molecular flexibility index (Phi) is 4.14. The zero-order chi connectivity index (χ0) is 14.1. The molecule has 0 radical (unpaired) electrons. The zero-order valence-electron chi connectivity index (χ0n) is 12.0. The molecule has 102 valence electrons. The van der Waals surface area contributed by atoms with Gasteiger partial charge in [-0.3, -0.25) is 0 Å². The summed E-state index contributed by atoms with van der Waals surface area (Å²) in [5.74, 6) is 0.737. The number of thiol groups is 1. The fourth-order valence-electron chi connectivity index (χ4n) is 1.98. The molecule has 0 N–H and O–H groups in total. The molecule has 0 saturated carbocycles. The van der Waals surface area contributed by atoms with Gasteiger partial charge in [-0.15, -0.1) is 0 Å². The van der Waals surface area contributed by atoms with Gasteiger partial charge in [0.15, 0.2) is 0 Å². The van der Waals surface area contributed by atoms with Gasteiger partial charge in [-0.25, -0.2) is 0 Å². The van der Waals surface area contributed by atoms with Gasteiger partial charge < -0.3 is 9.31 Å². The number of benzene rings is 1. The molecule has 2 rings (SSSR count). The van der Waals surface area contributed by atoms with E-state index in [9.17, 15) is 0 Å². The lowest BCUT2D eigenvalue weighted by Gasteiger charge is -2.32. The Hall–Kier alpha value is -0.705. The highest BCUT2D eigenvalue weighted by Gasteiger charge is 2.51. The molecule has 1 aliphatic heterocycles.